The van der Waals surface area contributed by atoms with Gasteiger partial charge in [0.05, 0.1) is 0 Å². The predicted molar refractivity (Wildman–Crippen MR) is 104 cm³/mol. The van der Waals surface area contributed by atoms with Crippen LogP contribution >= 0.6 is 0 Å². The van der Waals surface area contributed by atoms with Crippen LogP contribution < -0.4 is 5.56 Å². The van der Waals surface area contributed by atoms with Crippen LogP contribution in [0.5, 0.6) is 0 Å². The zero-order valence-electron chi connectivity index (χ0n) is 16.3. The molecule has 0 N–H and O–H groups in total. The first-order valence-corrected chi connectivity index (χ1v) is 8.99. The van der Waals surface area contributed by atoms with E-state index in [2.05, 4.69) is 59.7 Å². The van der Waals surface area contributed by atoms with Gasteiger partial charge in [-0.1, -0.05) is 52.3 Å². The molecule has 0 amide bonds. The van der Waals surface area contributed by atoms with Crippen LogP contribution in [0.3, 0.4) is 0 Å². The second-order valence-electron chi connectivity index (χ2n) is 7.92. The van der Waals surface area contributed by atoms with Crippen LogP contribution in [0.15, 0.2) is 29.2 Å². The number of nitrogens with zero attached hydrogens (tertiary/aromatic N) is 1. The standard InChI is InChI=1S/C22H31NO/c1-8-9-12-23-14-19(16(3)17(4)21(23)24)18-10-11-20(15(2)13-18)22(5,6)7/h10-11,13-14H,8-9,12H2,1-7H3. The topological polar surface area (TPSA) is 22.0 Å². The van der Waals surface area contributed by atoms with Crippen LogP contribution in [-0.2, 0) is 12.0 Å². The molecule has 0 unspecified atom stereocenters. The smallest absolute Gasteiger partial charge is 0.253 e. The molecule has 2 nitrogen and oxygen atoms in total. The minimum atomic E-state index is 0.146. The van der Waals surface area contributed by atoms with Gasteiger partial charge in [0.2, 0.25) is 0 Å². The van der Waals surface area contributed by atoms with Crippen molar-refractivity contribution in [1.29, 1.82) is 0 Å². The molecular weight excluding hydrogens is 294 g/mol. The maximum Gasteiger partial charge on any atom is 0.253 e. The Morgan fingerprint density at radius 3 is 2.25 bits per heavy atom. The van der Waals surface area contributed by atoms with E-state index in [9.17, 15) is 4.79 Å². The van der Waals surface area contributed by atoms with Gasteiger partial charge in [0.1, 0.15) is 0 Å². The predicted octanol–water partition coefficient (Wildman–Crippen LogP) is 5.54. The summed E-state index contributed by atoms with van der Waals surface area (Å²) < 4.78 is 1.88. The second-order valence-corrected chi connectivity index (χ2v) is 7.92. The van der Waals surface area contributed by atoms with E-state index in [1.54, 1.807) is 0 Å². The molecule has 0 spiro atoms. The first kappa shape index (κ1) is 18.5. The molecule has 130 valence electrons. The van der Waals surface area contributed by atoms with Crippen molar-refractivity contribution in [1.82, 2.24) is 4.57 Å². The molecule has 0 fully saturated rings. The first-order chi connectivity index (χ1) is 11.2. The van der Waals surface area contributed by atoms with Gasteiger partial charge in [0.25, 0.3) is 5.56 Å². The Hall–Kier alpha value is -1.83. The number of benzene rings is 1. The molecule has 0 atom stereocenters. The summed E-state index contributed by atoms with van der Waals surface area (Å²) in [5.74, 6) is 0. The lowest BCUT2D eigenvalue weighted by Crippen LogP contribution is -2.23. The van der Waals surface area contributed by atoms with Crippen molar-refractivity contribution in [2.24, 2.45) is 0 Å². The van der Waals surface area contributed by atoms with E-state index < -0.39 is 0 Å². The zero-order chi connectivity index (χ0) is 18.1. The molecule has 1 heterocycles. The highest BCUT2D eigenvalue weighted by Gasteiger charge is 2.17. The van der Waals surface area contributed by atoms with Crippen molar-refractivity contribution in [3.63, 3.8) is 0 Å². The maximum absolute atomic E-state index is 12.5. The number of hydrogen-bond donors (Lipinski definition) is 0. The number of hydrogen-bond acceptors (Lipinski definition) is 1. The fraction of sp³-hybridized carbons (Fsp3) is 0.500. The highest BCUT2D eigenvalue weighted by atomic mass is 16.1. The molecule has 2 rings (SSSR count). The Bertz CT molecular complexity index is 791. The van der Waals surface area contributed by atoms with Gasteiger partial charge in [-0.15, -0.1) is 0 Å². The van der Waals surface area contributed by atoms with Crippen molar-refractivity contribution in [2.45, 2.75) is 73.3 Å². The summed E-state index contributed by atoms with van der Waals surface area (Å²) in [5.41, 5.74) is 7.30. The Morgan fingerprint density at radius 1 is 1.04 bits per heavy atom. The van der Waals surface area contributed by atoms with Gasteiger partial charge in [0, 0.05) is 23.9 Å². The molecule has 0 radical (unpaired) electrons. The molecule has 2 aromatic rings. The Balaban J connectivity index is 2.58. The third-order valence-corrected chi connectivity index (χ3v) is 4.93. The molecule has 0 aliphatic heterocycles. The van der Waals surface area contributed by atoms with Crippen molar-refractivity contribution in [3.05, 3.63) is 57.0 Å². The van der Waals surface area contributed by atoms with Gasteiger partial charge in [-0.05, 0) is 54.9 Å². The summed E-state index contributed by atoms with van der Waals surface area (Å²) in [6.07, 6.45) is 4.17. The summed E-state index contributed by atoms with van der Waals surface area (Å²) in [5, 5.41) is 0. The van der Waals surface area contributed by atoms with Crippen LogP contribution in [-0.4, -0.2) is 4.57 Å². The SMILES string of the molecule is CCCCn1cc(-c2ccc(C(C)(C)C)c(C)c2)c(C)c(C)c1=O. The summed E-state index contributed by atoms with van der Waals surface area (Å²) in [7, 11) is 0. The summed E-state index contributed by atoms with van der Waals surface area (Å²) >= 11 is 0. The largest absolute Gasteiger partial charge is 0.315 e. The lowest BCUT2D eigenvalue weighted by molar-refractivity contribution is 0.586. The van der Waals surface area contributed by atoms with E-state index in [1.807, 2.05) is 17.7 Å². The third kappa shape index (κ3) is 3.63. The van der Waals surface area contributed by atoms with Crippen LogP contribution in [0.1, 0.15) is 62.8 Å². The molecular formula is C22H31NO. The monoisotopic (exact) mass is 325 g/mol. The summed E-state index contributed by atoms with van der Waals surface area (Å²) in [4.78, 5) is 12.5. The number of aryl methyl sites for hydroxylation is 2. The number of pyridine rings is 1. The van der Waals surface area contributed by atoms with Crippen molar-refractivity contribution in [3.8, 4) is 11.1 Å². The molecule has 24 heavy (non-hydrogen) atoms. The number of rotatable bonds is 4. The van der Waals surface area contributed by atoms with Crippen molar-refractivity contribution >= 4 is 0 Å². The third-order valence-electron chi connectivity index (χ3n) is 4.93. The lowest BCUT2D eigenvalue weighted by Gasteiger charge is -2.23. The van der Waals surface area contributed by atoms with Gasteiger partial charge in [-0.2, -0.15) is 0 Å². The van der Waals surface area contributed by atoms with Gasteiger partial charge in [-0.25, -0.2) is 0 Å². The Morgan fingerprint density at radius 2 is 1.71 bits per heavy atom. The van der Waals surface area contributed by atoms with Crippen molar-refractivity contribution in [2.75, 3.05) is 0 Å². The highest BCUT2D eigenvalue weighted by molar-refractivity contribution is 5.69. The van der Waals surface area contributed by atoms with E-state index in [4.69, 9.17) is 0 Å². The molecule has 1 aromatic carbocycles. The summed E-state index contributed by atoms with van der Waals surface area (Å²) in [6.45, 7) is 15.9. The highest BCUT2D eigenvalue weighted by Crippen LogP contribution is 2.31. The van der Waals surface area contributed by atoms with Gasteiger partial charge in [0.15, 0.2) is 0 Å². The summed E-state index contributed by atoms with van der Waals surface area (Å²) in [6, 6.07) is 6.70. The van der Waals surface area contributed by atoms with Crippen LogP contribution in [0, 0.1) is 20.8 Å². The number of aromatic nitrogens is 1. The fourth-order valence-corrected chi connectivity index (χ4v) is 3.35. The average molecular weight is 325 g/mol. The average Bonchev–Trinajstić information content (AvgIpc) is 2.50. The molecule has 0 bridgehead atoms. The van der Waals surface area contributed by atoms with Crippen molar-refractivity contribution < 1.29 is 0 Å². The molecule has 0 saturated heterocycles. The molecule has 0 aliphatic carbocycles. The van der Waals surface area contributed by atoms with E-state index in [1.165, 1.54) is 22.3 Å². The zero-order valence-corrected chi connectivity index (χ0v) is 16.3. The van der Waals surface area contributed by atoms with Gasteiger partial charge >= 0.3 is 0 Å². The maximum atomic E-state index is 12.5. The van der Waals surface area contributed by atoms with Gasteiger partial charge < -0.3 is 4.57 Å². The van der Waals surface area contributed by atoms with Crippen LogP contribution in [0.2, 0.25) is 0 Å². The van der Waals surface area contributed by atoms with Crippen LogP contribution in [0.4, 0.5) is 0 Å². The minimum absolute atomic E-state index is 0.146. The normalized spacial score (nSPS) is 11.8. The Labute approximate surface area is 146 Å². The fourth-order valence-electron chi connectivity index (χ4n) is 3.35. The quantitative estimate of drug-likeness (QED) is 0.723. The molecule has 2 heteroatoms. The molecule has 1 aromatic heterocycles. The lowest BCUT2D eigenvalue weighted by atomic mass is 9.83. The van der Waals surface area contributed by atoms with Crippen LogP contribution in [0.25, 0.3) is 11.1 Å². The second kappa shape index (κ2) is 6.96. The molecule has 0 saturated carbocycles. The van der Waals surface area contributed by atoms with E-state index in [0.717, 1.165) is 30.5 Å². The van der Waals surface area contributed by atoms with E-state index in [0.29, 0.717) is 0 Å². The minimum Gasteiger partial charge on any atom is -0.315 e. The molecule has 0 aliphatic rings. The van der Waals surface area contributed by atoms with E-state index in [-0.39, 0.29) is 11.0 Å². The van der Waals surface area contributed by atoms with Gasteiger partial charge in [-0.3, -0.25) is 4.79 Å². The number of unbranched alkanes of at least 4 members (excludes halogenated alkanes) is 1. The Kier molecular flexibility index (Phi) is 5.37. The first-order valence-electron chi connectivity index (χ1n) is 8.99. The van der Waals surface area contributed by atoms with E-state index >= 15 is 0 Å².